The lowest BCUT2D eigenvalue weighted by Gasteiger charge is -2.08. The van der Waals surface area contributed by atoms with E-state index in [1.165, 1.54) is 43.9 Å². The van der Waals surface area contributed by atoms with E-state index in [0.717, 1.165) is 10.8 Å². The first kappa shape index (κ1) is 18.8. The van der Waals surface area contributed by atoms with Crippen LogP contribution in [-0.2, 0) is 16.2 Å². The van der Waals surface area contributed by atoms with Crippen molar-refractivity contribution in [2.45, 2.75) is 6.61 Å². The van der Waals surface area contributed by atoms with E-state index in [-0.39, 0.29) is 29.6 Å². The van der Waals surface area contributed by atoms with Gasteiger partial charge in [-0.3, -0.25) is 4.79 Å². The maximum Gasteiger partial charge on any atom is 0.419 e. The average Bonchev–Trinajstić information content (AvgIpc) is 2.69. The monoisotopic (exact) mass is 379 g/mol. The average molecular weight is 379 g/mol. The first-order valence-electron chi connectivity index (χ1n) is 8.09. The molecule has 1 radical (unpaired) electrons. The van der Waals surface area contributed by atoms with E-state index in [9.17, 15) is 14.0 Å². The molecule has 3 rings (SSSR count). The van der Waals surface area contributed by atoms with Crippen molar-refractivity contribution in [2.24, 2.45) is 5.11 Å². The Hall–Kier alpha value is -3.93. The number of nitriles is 1. The van der Waals surface area contributed by atoms with Gasteiger partial charge in [0.2, 0.25) is 0 Å². The fourth-order valence-corrected chi connectivity index (χ4v) is 2.31. The van der Waals surface area contributed by atoms with E-state index in [0.29, 0.717) is 11.3 Å². The van der Waals surface area contributed by atoms with E-state index in [1.807, 2.05) is 6.07 Å². The highest BCUT2D eigenvalue weighted by atomic mass is 19.1. The van der Waals surface area contributed by atoms with Crippen LogP contribution in [0, 0.1) is 23.6 Å². The third kappa shape index (κ3) is 4.62. The number of halogens is 1. The summed E-state index contributed by atoms with van der Waals surface area (Å²) in [6.07, 6.45) is 3.97. The Morgan fingerprint density at radius 3 is 2.86 bits per heavy atom. The molecule has 8 nitrogen and oxygen atoms in total. The number of pyridine rings is 1. The van der Waals surface area contributed by atoms with Gasteiger partial charge in [-0.15, -0.1) is 0 Å². The Labute approximate surface area is 159 Å². The highest BCUT2D eigenvalue weighted by molar-refractivity contribution is 6.04. The summed E-state index contributed by atoms with van der Waals surface area (Å²) in [6, 6.07) is 8.95. The Kier molecular flexibility index (Phi) is 5.50. The molecule has 1 N–H and O–H groups in total. The van der Waals surface area contributed by atoms with Gasteiger partial charge in [0.15, 0.2) is 12.7 Å². The lowest BCUT2D eigenvalue weighted by atomic mass is 10.1. The van der Waals surface area contributed by atoms with Crippen LogP contribution in [0.15, 0.2) is 53.4 Å². The number of nitrogens with zero attached hydrogens (tertiary/aromatic N) is 4. The van der Waals surface area contributed by atoms with Gasteiger partial charge in [0.05, 0.1) is 17.8 Å². The molecule has 139 valence electrons. The van der Waals surface area contributed by atoms with Gasteiger partial charge >= 0.3 is 5.91 Å². The van der Waals surface area contributed by atoms with Crippen molar-refractivity contribution in [3.05, 3.63) is 71.7 Å². The van der Waals surface area contributed by atoms with E-state index in [1.54, 1.807) is 6.07 Å². The zero-order valence-corrected chi connectivity index (χ0v) is 14.7. The fraction of sp³-hybridized carbons (Fsp3) is 0.105. The van der Waals surface area contributed by atoms with Gasteiger partial charge < -0.3 is 10.1 Å². The molecular weight excluding hydrogens is 365 g/mol. The van der Waals surface area contributed by atoms with Crippen molar-refractivity contribution in [1.82, 2.24) is 4.98 Å². The van der Waals surface area contributed by atoms with Crippen LogP contribution in [0.1, 0.15) is 11.1 Å². The Morgan fingerprint density at radius 1 is 1.36 bits per heavy atom. The molecular formula is C19H14FN5O3+. The molecule has 2 aromatic rings. The molecule has 2 amide bonds. The Balaban J connectivity index is 1.60. The summed E-state index contributed by atoms with van der Waals surface area (Å²) >= 11 is 0. The smallest absolute Gasteiger partial charge is 0.419 e. The number of hydrogen-bond acceptors (Lipinski definition) is 6. The number of ether oxygens (including phenoxy) is 1. The van der Waals surface area contributed by atoms with Crippen molar-refractivity contribution >= 4 is 17.6 Å². The molecule has 1 aromatic heterocycles. The van der Waals surface area contributed by atoms with Gasteiger partial charge in [-0.05, 0) is 42.0 Å². The minimum atomic E-state index is -0.513. The van der Waals surface area contributed by atoms with E-state index < -0.39 is 11.7 Å². The summed E-state index contributed by atoms with van der Waals surface area (Å²) in [4.78, 5) is 27.5. The van der Waals surface area contributed by atoms with Crippen molar-refractivity contribution in [3.63, 3.8) is 0 Å². The number of hydrogen-bond donors (Lipinski definition) is 1. The molecule has 1 aliphatic rings. The number of anilines is 1. The summed E-state index contributed by atoms with van der Waals surface area (Å²) in [6.45, 7) is 0.0573. The second-order valence-corrected chi connectivity index (χ2v) is 5.76. The maximum atomic E-state index is 13.4. The van der Waals surface area contributed by atoms with Gasteiger partial charge in [0, 0.05) is 5.11 Å². The molecule has 0 aliphatic carbocycles. The number of carbonyl (C=O) groups is 2. The van der Waals surface area contributed by atoms with Crippen molar-refractivity contribution in [3.8, 4) is 11.8 Å². The van der Waals surface area contributed by atoms with Gasteiger partial charge in [-0.2, -0.15) is 5.26 Å². The predicted octanol–water partition coefficient (Wildman–Crippen LogP) is 2.33. The largest absolute Gasteiger partial charge is 0.487 e. The van der Waals surface area contributed by atoms with Gasteiger partial charge in [-0.1, -0.05) is 4.70 Å². The summed E-state index contributed by atoms with van der Waals surface area (Å²) in [5, 5.41) is 15.3. The Bertz CT molecular complexity index is 1040. The number of aromatic nitrogens is 1. The summed E-state index contributed by atoms with van der Waals surface area (Å²) < 4.78 is 20.0. The SMILES string of the molecule is C[N+]1=NC(C(=O)Nc2ccc(OCc3cc(F)cc(C#N)c3)cn2)=C[CH]C1=O. The molecule has 28 heavy (non-hydrogen) atoms. The molecule has 0 bridgehead atoms. The van der Waals surface area contributed by atoms with Gasteiger partial charge in [0.1, 0.15) is 30.4 Å². The number of amides is 2. The van der Waals surface area contributed by atoms with Crippen molar-refractivity contribution in [2.75, 3.05) is 12.4 Å². The van der Waals surface area contributed by atoms with Crippen LogP contribution in [0.3, 0.4) is 0 Å². The maximum absolute atomic E-state index is 13.4. The van der Waals surface area contributed by atoms with Crippen LogP contribution in [0.5, 0.6) is 5.75 Å². The highest BCUT2D eigenvalue weighted by Gasteiger charge is 2.24. The highest BCUT2D eigenvalue weighted by Crippen LogP contribution is 2.17. The number of azo groups is 2. The van der Waals surface area contributed by atoms with Crippen molar-refractivity contribution < 1.29 is 23.4 Å². The Morgan fingerprint density at radius 2 is 2.18 bits per heavy atom. The molecule has 0 fully saturated rings. The van der Waals surface area contributed by atoms with Crippen molar-refractivity contribution in [1.29, 1.82) is 5.26 Å². The molecule has 1 aliphatic heterocycles. The quantitative estimate of drug-likeness (QED) is 0.803. The molecule has 0 saturated carbocycles. The number of benzene rings is 1. The minimum absolute atomic E-state index is 0.0573. The molecule has 1 aromatic carbocycles. The fourth-order valence-electron chi connectivity index (χ4n) is 2.31. The third-order valence-electron chi connectivity index (χ3n) is 3.66. The molecule has 0 atom stereocenters. The van der Waals surface area contributed by atoms with Crippen LogP contribution in [0.4, 0.5) is 10.2 Å². The first-order valence-corrected chi connectivity index (χ1v) is 8.09. The lowest BCUT2D eigenvalue weighted by molar-refractivity contribution is -0.480. The number of rotatable bonds is 5. The molecule has 0 saturated heterocycles. The van der Waals surface area contributed by atoms with E-state index >= 15 is 0 Å². The lowest BCUT2D eigenvalue weighted by Crippen LogP contribution is -2.23. The topological polar surface area (TPSA) is 107 Å². The van der Waals surface area contributed by atoms with Gasteiger partial charge in [-0.25, -0.2) is 14.2 Å². The molecule has 0 unspecified atom stereocenters. The van der Waals surface area contributed by atoms with Crippen LogP contribution in [0.2, 0.25) is 0 Å². The zero-order valence-electron chi connectivity index (χ0n) is 14.7. The summed E-state index contributed by atoms with van der Waals surface area (Å²) in [5.41, 5.74) is 0.792. The normalized spacial score (nSPS) is 13.2. The van der Waals surface area contributed by atoms with E-state index in [4.69, 9.17) is 10.00 Å². The predicted molar refractivity (Wildman–Crippen MR) is 94.3 cm³/mol. The third-order valence-corrected chi connectivity index (χ3v) is 3.66. The molecule has 0 spiro atoms. The van der Waals surface area contributed by atoms with Crippen LogP contribution < -0.4 is 10.1 Å². The van der Waals surface area contributed by atoms with E-state index in [2.05, 4.69) is 15.4 Å². The number of nitrogens with one attached hydrogen (secondary N) is 1. The summed E-state index contributed by atoms with van der Waals surface area (Å²) in [5.74, 6) is -0.677. The number of carbonyl (C=O) groups excluding carboxylic acids is 2. The summed E-state index contributed by atoms with van der Waals surface area (Å²) in [7, 11) is 1.45. The molecule has 9 heteroatoms. The second kappa shape index (κ2) is 8.18. The van der Waals surface area contributed by atoms with Crippen LogP contribution >= 0.6 is 0 Å². The van der Waals surface area contributed by atoms with Crippen LogP contribution in [0.25, 0.3) is 0 Å². The second-order valence-electron chi connectivity index (χ2n) is 5.76. The zero-order chi connectivity index (χ0) is 20.1. The van der Waals surface area contributed by atoms with Crippen LogP contribution in [-0.4, -0.2) is 28.5 Å². The first-order chi connectivity index (χ1) is 13.4. The minimum Gasteiger partial charge on any atom is -0.487 e. The standard InChI is InChI=1S/C19H13FN5O3/c1-25-18(26)5-3-16(24-25)19(27)23-17-4-2-15(10-22-17)28-11-13-6-12(9-21)7-14(20)8-13/h2-8,10H,11H2,1H3/p+1. The molecule has 2 heterocycles. The van der Waals surface area contributed by atoms with Gasteiger partial charge in [0.25, 0.3) is 5.91 Å².